The molecule has 1 aliphatic carbocycles. The van der Waals surface area contributed by atoms with Crippen LogP contribution in [0.1, 0.15) is 12.0 Å². The lowest BCUT2D eigenvalue weighted by atomic mass is 10.1. The van der Waals surface area contributed by atoms with Crippen LogP contribution in [0.4, 0.5) is 10.5 Å². The molecule has 114 valence electrons. The third-order valence-electron chi connectivity index (χ3n) is 3.41. The van der Waals surface area contributed by atoms with E-state index in [4.69, 9.17) is 5.11 Å². The molecule has 0 aliphatic heterocycles. The van der Waals surface area contributed by atoms with Gasteiger partial charge in [-0.2, -0.15) is 0 Å². The van der Waals surface area contributed by atoms with Crippen molar-refractivity contribution in [3.8, 4) is 0 Å². The van der Waals surface area contributed by atoms with Gasteiger partial charge in [0.05, 0.1) is 0 Å². The van der Waals surface area contributed by atoms with Crippen molar-refractivity contribution in [3.63, 3.8) is 0 Å². The Labute approximate surface area is 125 Å². The first kappa shape index (κ1) is 15.5. The molecule has 1 aromatic carbocycles. The van der Waals surface area contributed by atoms with Crippen LogP contribution in [0.25, 0.3) is 0 Å². The second-order valence-electron chi connectivity index (χ2n) is 5.71. The number of nitrogens with zero attached hydrogens (tertiary/aromatic N) is 1. The summed E-state index contributed by atoms with van der Waals surface area (Å²) >= 11 is 0. The first-order chi connectivity index (χ1) is 10.1. The van der Waals surface area contributed by atoms with E-state index in [1.54, 1.807) is 0 Å². The molecular formula is C16H23N3O2. The zero-order valence-electron chi connectivity index (χ0n) is 12.5. The molecular weight excluding hydrogens is 266 g/mol. The summed E-state index contributed by atoms with van der Waals surface area (Å²) in [6, 6.07) is 7.60. The highest BCUT2D eigenvalue weighted by molar-refractivity contribution is 5.89. The Morgan fingerprint density at radius 3 is 2.86 bits per heavy atom. The average molecular weight is 289 g/mol. The van der Waals surface area contributed by atoms with Crippen LogP contribution in [0.2, 0.25) is 0 Å². The van der Waals surface area contributed by atoms with Crippen LogP contribution < -0.4 is 10.6 Å². The van der Waals surface area contributed by atoms with Crippen molar-refractivity contribution in [2.24, 2.45) is 5.92 Å². The van der Waals surface area contributed by atoms with Crippen LogP contribution in [0.3, 0.4) is 0 Å². The normalized spacial score (nSPS) is 20.8. The summed E-state index contributed by atoms with van der Waals surface area (Å²) in [7, 11) is 4.02. The number of anilines is 1. The summed E-state index contributed by atoms with van der Waals surface area (Å²) in [5.74, 6) is 0.152. The van der Waals surface area contributed by atoms with E-state index in [1.807, 2.05) is 50.5 Å². The number of benzene rings is 1. The van der Waals surface area contributed by atoms with Crippen molar-refractivity contribution in [1.82, 2.24) is 10.2 Å². The molecule has 1 aliphatic rings. The van der Waals surface area contributed by atoms with Gasteiger partial charge in [-0.05, 0) is 38.2 Å². The van der Waals surface area contributed by atoms with Gasteiger partial charge in [0.15, 0.2) is 0 Å². The van der Waals surface area contributed by atoms with Crippen molar-refractivity contribution < 1.29 is 9.90 Å². The molecule has 0 spiro atoms. The minimum atomic E-state index is -0.217. The van der Waals surface area contributed by atoms with Gasteiger partial charge in [0.2, 0.25) is 0 Å². The van der Waals surface area contributed by atoms with E-state index in [1.165, 1.54) is 0 Å². The van der Waals surface area contributed by atoms with E-state index in [2.05, 4.69) is 15.5 Å². The zero-order chi connectivity index (χ0) is 15.2. The summed E-state index contributed by atoms with van der Waals surface area (Å²) in [5, 5.41) is 14.8. The highest BCUT2D eigenvalue weighted by atomic mass is 16.3. The van der Waals surface area contributed by atoms with Gasteiger partial charge in [0.25, 0.3) is 0 Å². The number of rotatable bonds is 5. The van der Waals surface area contributed by atoms with Crippen molar-refractivity contribution in [2.45, 2.75) is 19.0 Å². The Kier molecular flexibility index (Phi) is 5.36. The zero-order valence-corrected chi connectivity index (χ0v) is 12.5. The minimum absolute atomic E-state index is 0.00731. The predicted octanol–water partition coefficient (Wildman–Crippen LogP) is 1.81. The number of nitrogens with one attached hydrogen (secondary N) is 2. The summed E-state index contributed by atoms with van der Waals surface area (Å²) in [6.07, 6.45) is 4.64. The molecule has 2 rings (SSSR count). The molecule has 3 N–H and O–H groups in total. The standard InChI is InChI=1S/C16H23N3O2/c1-19(2)10-12-4-3-5-14(8-12)17-16(21)18-15-7-6-13(9-15)11-20/h3-8,13,15,20H,9-11H2,1-2H3,(H2,17,18,21)/t13-,15+/m0/s1. The topological polar surface area (TPSA) is 64.6 Å². The molecule has 0 unspecified atom stereocenters. The van der Waals surface area contributed by atoms with E-state index >= 15 is 0 Å². The second-order valence-corrected chi connectivity index (χ2v) is 5.71. The number of carbonyl (C=O) groups excluding carboxylic acids is 1. The molecule has 1 aromatic rings. The highest BCUT2D eigenvalue weighted by Crippen LogP contribution is 2.17. The molecule has 5 nitrogen and oxygen atoms in total. The van der Waals surface area contributed by atoms with E-state index in [9.17, 15) is 4.79 Å². The number of hydrogen-bond donors (Lipinski definition) is 3. The Balaban J connectivity index is 1.87. The quantitative estimate of drug-likeness (QED) is 0.724. The van der Waals surface area contributed by atoms with Gasteiger partial charge in [-0.1, -0.05) is 24.3 Å². The molecule has 0 radical (unpaired) electrons. The van der Waals surface area contributed by atoms with Crippen LogP contribution >= 0.6 is 0 Å². The Bertz CT molecular complexity index is 514. The number of aliphatic hydroxyl groups excluding tert-OH is 1. The van der Waals surface area contributed by atoms with Crippen molar-refractivity contribution in [1.29, 1.82) is 0 Å². The molecule has 2 atom stereocenters. The SMILES string of the molecule is CN(C)Cc1cccc(NC(=O)N[C@@H]2C=C[C@H](CO)C2)c1. The first-order valence-corrected chi connectivity index (χ1v) is 7.17. The van der Waals surface area contributed by atoms with Gasteiger partial charge in [-0.15, -0.1) is 0 Å². The smallest absolute Gasteiger partial charge is 0.319 e. The third kappa shape index (κ3) is 4.88. The summed E-state index contributed by atoms with van der Waals surface area (Å²) in [4.78, 5) is 14.0. The maximum Gasteiger partial charge on any atom is 0.319 e. The summed E-state index contributed by atoms with van der Waals surface area (Å²) in [6.45, 7) is 0.962. The maximum atomic E-state index is 12.0. The summed E-state index contributed by atoms with van der Waals surface area (Å²) in [5.41, 5.74) is 1.94. The van der Waals surface area contributed by atoms with Crippen molar-refractivity contribution in [2.75, 3.05) is 26.0 Å². The maximum absolute atomic E-state index is 12.0. The number of hydrogen-bond acceptors (Lipinski definition) is 3. The van der Waals surface area contributed by atoms with E-state index < -0.39 is 0 Å². The lowest BCUT2D eigenvalue weighted by molar-refractivity contribution is 0.238. The van der Waals surface area contributed by atoms with Crippen molar-refractivity contribution in [3.05, 3.63) is 42.0 Å². The molecule has 0 saturated carbocycles. The van der Waals surface area contributed by atoms with E-state index in [-0.39, 0.29) is 24.6 Å². The Hall–Kier alpha value is -1.85. The van der Waals surface area contributed by atoms with Crippen LogP contribution in [0.15, 0.2) is 36.4 Å². The van der Waals surface area contributed by atoms with Gasteiger partial charge >= 0.3 is 6.03 Å². The number of carbonyl (C=O) groups is 1. The van der Waals surface area contributed by atoms with Gasteiger partial charge in [-0.25, -0.2) is 4.79 Å². The van der Waals surface area contributed by atoms with Crippen LogP contribution in [-0.2, 0) is 6.54 Å². The lowest BCUT2D eigenvalue weighted by Gasteiger charge is -2.15. The van der Waals surface area contributed by atoms with Gasteiger partial charge in [0.1, 0.15) is 0 Å². The van der Waals surface area contributed by atoms with Gasteiger partial charge in [-0.3, -0.25) is 0 Å². The highest BCUT2D eigenvalue weighted by Gasteiger charge is 2.19. The molecule has 21 heavy (non-hydrogen) atoms. The lowest BCUT2D eigenvalue weighted by Crippen LogP contribution is -2.36. The van der Waals surface area contributed by atoms with Crippen LogP contribution in [0.5, 0.6) is 0 Å². The molecule has 0 fully saturated rings. The van der Waals surface area contributed by atoms with E-state index in [0.29, 0.717) is 0 Å². The van der Waals surface area contributed by atoms with Crippen LogP contribution in [0, 0.1) is 5.92 Å². The monoisotopic (exact) mass is 289 g/mol. The Morgan fingerprint density at radius 1 is 1.38 bits per heavy atom. The average Bonchev–Trinajstić information content (AvgIpc) is 2.85. The van der Waals surface area contributed by atoms with Gasteiger partial charge in [0, 0.05) is 30.8 Å². The number of urea groups is 1. The second kappa shape index (κ2) is 7.24. The largest absolute Gasteiger partial charge is 0.396 e. The molecule has 2 amide bonds. The molecule has 0 aromatic heterocycles. The van der Waals surface area contributed by atoms with Crippen molar-refractivity contribution >= 4 is 11.7 Å². The Morgan fingerprint density at radius 2 is 2.19 bits per heavy atom. The fraction of sp³-hybridized carbons (Fsp3) is 0.438. The fourth-order valence-electron chi connectivity index (χ4n) is 2.47. The van der Waals surface area contributed by atoms with E-state index in [0.717, 1.165) is 24.2 Å². The molecule has 0 bridgehead atoms. The third-order valence-corrected chi connectivity index (χ3v) is 3.41. The minimum Gasteiger partial charge on any atom is -0.396 e. The molecule has 0 heterocycles. The fourth-order valence-corrected chi connectivity index (χ4v) is 2.47. The number of amides is 2. The van der Waals surface area contributed by atoms with Gasteiger partial charge < -0.3 is 20.6 Å². The number of aliphatic hydroxyl groups is 1. The summed E-state index contributed by atoms with van der Waals surface area (Å²) < 4.78 is 0. The molecule has 5 heteroatoms. The predicted molar refractivity (Wildman–Crippen MR) is 84.1 cm³/mol. The van der Waals surface area contributed by atoms with Crippen LogP contribution in [-0.4, -0.2) is 42.8 Å². The first-order valence-electron chi connectivity index (χ1n) is 7.17. The molecule has 0 saturated heterocycles.